The summed E-state index contributed by atoms with van der Waals surface area (Å²) in [5, 5.41) is 10.0. The maximum atomic E-state index is 6.25. The van der Waals surface area contributed by atoms with Gasteiger partial charge in [0.05, 0.1) is 18.7 Å². The third-order valence-corrected chi connectivity index (χ3v) is 6.98. The highest BCUT2D eigenvalue weighted by Crippen LogP contribution is 2.27. The number of benzene rings is 2. The number of para-hydroxylation sites is 2. The Labute approximate surface area is 242 Å². The van der Waals surface area contributed by atoms with Gasteiger partial charge in [0, 0.05) is 30.5 Å². The molecule has 1 unspecified atom stereocenters. The normalized spacial score (nSPS) is 12.2. The van der Waals surface area contributed by atoms with E-state index in [2.05, 4.69) is 51.7 Å². The van der Waals surface area contributed by atoms with Crippen LogP contribution in [0.2, 0.25) is 0 Å². The molecular weight excluding hydrogens is 530 g/mol. The van der Waals surface area contributed by atoms with Crippen LogP contribution in [0.25, 0.3) is 22.3 Å². The van der Waals surface area contributed by atoms with Gasteiger partial charge in [0.25, 0.3) is 0 Å². The number of nitrogens with zero attached hydrogens (tertiary/aromatic N) is 8. The third kappa shape index (κ3) is 5.24. The first-order valence-electron chi connectivity index (χ1n) is 13.8. The molecule has 0 bridgehead atoms. The lowest BCUT2D eigenvalue weighted by Crippen LogP contribution is -2.17. The van der Waals surface area contributed by atoms with E-state index in [1.807, 2.05) is 63.7 Å². The van der Waals surface area contributed by atoms with E-state index in [0.29, 0.717) is 53.3 Å². The van der Waals surface area contributed by atoms with Crippen molar-refractivity contribution in [3.63, 3.8) is 0 Å². The van der Waals surface area contributed by atoms with Gasteiger partial charge >= 0.3 is 0 Å². The molecule has 0 radical (unpaired) electrons. The fourth-order valence-corrected chi connectivity index (χ4v) is 4.72. The average molecular weight is 564 g/mol. The van der Waals surface area contributed by atoms with Gasteiger partial charge in [0.2, 0.25) is 11.9 Å². The molecule has 4 aromatic heterocycles. The van der Waals surface area contributed by atoms with Crippen molar-refractivity contribution >= 4 is 57.2 Å². The molecule has 13 nitrogen and oxygen atoms in total. The van der Waals surface area contributed by atoms with Gasteiger partial charge in [-0.15, -0.1) is 0 Å². The van der Waals surface area contributed by atoms with Crippen LogP contribution in [0.3, 0.4) is 0 Å². The molecule has 1 atom stereocenters. The van der Waals surface area contributed by atoms with Crippen LogP contribution in [0.4, 0.5) is 34.9 Å². The van der Waals surface area contributed by atoms with Gasteiger partial charge in [0.15, 0.2) is 28.4 Å². The zero-order valence-electron chi connectivity index (χ0n) is 23.7. The summed E-state index contributed by atoms with van der Waals surface area (Å²) in [7, 11) is 0. The third-order valence-electron chi connectivity index (χ3n) is 6.98. The maximum Gasteiger partial charge on any atom is 0.231 e. The molecule has 0 spiro atoms. The van der Waals surface area contributed by atoms with Crippen LogP contribution in [-0.4, -0.2) is 45.6 Å². The summed E-state index contributed by atoms with van der Waals surface area (Å²) in [5.74, 6) is 1.77. The molecule has 0 aliphatic carbocycles. The Kier molecular flexibility index (Phi) is 7.23. The number of imidazole rings is 2. The molecular formula is C29H33N13. The minimum atomic E-state index is -0.0690. The Bertz CT molecular complexity index is 1840. The van der Waals surface area contributed by atoms with Crippen molar-refractivity contribution in [2.75, 3.05) is 28.2 Å². The molecule has 4 heterocycles. The highest BCUT2D eigenvalue weighted by atomic mass is 15.2. The largest absolute Gasteiger partial charge is 0.382 e. The molecule has 6 rings (SSSR count). The quantitative estimate of drug-likeness (QED) is 0.155. The van der Waals surface area contributed by atoms with E-state index in [9.17, 15) is 0 Å². The van der Waals surface area contributed by atoms with Crippen LogP contribution in [0.5, 0.6) is 0 Å². The summed E-state index contributed by atoms with van der Waals surface area (Å²) in [5.41, 5.74) is 17.5. The Balaban J connectivity index is 1.30. The van der Waals surface area contributed by atoms with Crippen molar-refractivity contribution in [3.8, 4) is 0 Å². The van der Waals surface area contributed by atoms with Gasteiger partial charge in [-0.3, -0.25) is 0 Å². The molecule has 42 heavy (non-hydrogen) atoms. The molecule has 2 aromatic carbocycles. The second-order valence-corrected chi connectivity index (χ2v) is 10.3. The second-order valence-electron chi connectivity index (χ2n) is 10.3. The summed E-state index contributed by atoms with van der Waals surface area (Å²) in [6.45, 7) is 7.16. The van der Waals surface area contributed by atoms with E-state index >= 15 is 0 Å². The summed E-state index contributed by atoms with van der Waals surface area (Å²) < 4.78 is 3.99. The topological polar surface area (TPSA) is 175 Å². The SMILES string of the molecule is CC(C)n1cnc2c(NCC(C)n3cnc4c(N)nc(Nc5ccccc5)nc43)nc(Nc3ccccc3CN)nc21. The van der Waals surface area contributed by atoms with E-state index < -0.39 is 0 Å². The van der Waals surface area contributed by atoms with Crippen molar-refractivity contribution < 1.29 is 0 Å². The predicted molar refractivity (Wildman–Crippen MR) is 166 cm³/mol. The Morgan fingerprint density at radius 2 is 1.43 bits per heavy atom. The van der Waals surface area contributed by atoms with Crippen LogP contribution >= 0.6 is 0 Å². The van der Waals surface area contributed by atoms with Crippen LogP contribution in [-0.2, 0) is 6.54 Å². The second kappa shape index (κ2) is 11.3. The standard InChI is InChI=1S/C29H33N13/c1-17(2)41-15-34-23-25(38-29(40-27(23)41)36-21-12-8-7-9-19(21)13-30)32-14-18(3)42-16-33-22-24(31)37-28(39-26(22)42)35-20-10-5-4-6-11-20/h4-12,15-18H,13-14,30H2,1-3H3,(H3,31,35,37,39)(H2,32,36,38,40). The first kappa shape index (κ1) is 26.9. The number of nitrogen functional groups attached to an aromatic ring is 1. The summed E-state index contributed by atoms with van der Waals surface area (Å²) in [4.78, 5) is 27.9. The monoisotopic (exact) mass is 563 g/mol. The van der Waals surface area contributed by atoms with Crippen molar-refractivity contribution in [2.45, 2.75) is 39.4 Å². The van der Waals surface area contributed by atoms with Crippen molar-refractivity contribution in [2.24, 2.45) is 5.73 Å². The van der Waals surface area contributed by atoms with Crippen LogP contribution in [0, 0.1) is 0 Å². The Hall–Kier alpha value is -5.30. The molecule has 0 aliphatic heterocycles. The summed E-state index contributed by atoms with van der Waals surface area (Å²) >= 11 is 0. The minimum Gasteiger partial charge on any atom is -0.382 e. The fourth-order valence-electron chi connectivity index (χ4n) is 4.72. The number of aromatic nitrogens is 8. The molecule has 0 fully saturated rings. The zero-order valence-corrected chi connectivity index (χ0v) is 23.7. The van der Waals surface area contributed by atoms with E-state index in [0.717, 1.165) is 22.6 Å². The van der Waals surface area contributed by atoms with E-state index in [-0.39, 0.29) is 12.1 Å². The van der Waals surface area contributed by atoms with Gasteiger partial charge < -0.3 is 36.6 Å². The lowest BCUT2D eigenvalue weighted by atomic mass is 10.2. The molecule has 7 N–H and O–H groups in total. The van der Waals surface area contributed by atoms with Crippen molar-refractivity contribution in [1.82, 2.24) is 39.0 Å². The highest BCUT2D eigenvalue weighted by molar-refractivity contribution is 5.85. The van der Waals surface area contributed by atoms with E-state index in [1.165, 1.54) is 0 Å². The lowest BCUT2D eigenvalue weighted by molar-refractivity contribution is 0.584. The maximum absolute atomic E-state index is 6.25. The zero-order chi connectivity index (χ0) is 29.2. The smallest absolute Gasteiger partial charge is 0.231 e. The number of hydrogen-bond acceptors (Lipinski definition) is 11. The van der Waals surface area contributed by atoms with Crippen LogP contribution in [0.15, 0.2) is 67.3 Å². The predicted octanol–water partition coefficient (Wildman–Crippen LogP) is 4.75. The Morgan fingerprint density at radius 1 is 0.762 bits per heavy atom. The first-order chi connectivity index (χ1) is 20.4. The number of hydrogen-bond donors (Lipinski definition) is 5. The van der Waals surface area contributed by atoms with Gasteiger partial charge in [-0.2, -0.15) is 19.9 Å². The van der Waals surface area contributed by atoms with Crippen molar-refractivity contribution in [1.29, 1.82) is 0 Å². The van der Waals surface area contributed by atoms with Gasteiger partial charge in [-0.25, -0.2) is 9.97 Å². The van der Waals surface area contributed by atoms with Crippen molar-refractivity contribution in [3.05, 3.63) is 72.8 Å². The number of nitrogens with two attached hydrogens (primary N) is 2. The van der Waals surface area contributed by atoms with E-state index in [4.69, 9.17) is 26.4 Å². The number of fused-ring (bicyclic) bond motifs is 2. The van der Waals surface area contributed by atoms with Gasteiger partial charge in [0.1, 0.15) is 5.52 Å². The Morgan fingerprint density at radius 3 is 2.19 bits per heavy atom. The van der Waals surface area contributed by atoms with Crippen LogP contribution in [0.1, 0.15) is 38.4 Å². The summed E-state index contributed by atoms with van der Waals surface area (Å²) in [6, 6.07) is 17.7. The number of anilines is 6. The first-order valence-corrected chi connectivity index (χ1v) is 13.8. The molecule has 0 amide bonds. The average Bonchev–Trinajstić information content (AvgIpc) is 3.62. The molecule has 0 saturated heterocycles. The minimum absolute atomic E-state index is 0.0690. The fraction of sp³-hybridized carbons (Fsp3) is 0.241. The highest BCUT2D eigenvalue weighted by Gasteiger charge is 2.19. The van der Waals surface area contributed by atoms with Crippen LogP contribution < -0.4 is 27.4 Å². The molecule has 0 aliphatic rings. The molecule has 13 heteroatoms. The number of rotatable bonds is 10. The van der Waals surface area contributed by atoms with E-state index in [1.54, 1.807) is 12.7 Å². The summed E-state index contributed by atoms with van der Waals surface area (Å²) in [6.07, 6.45) is 3.52. The van der Waals surface area contributed by atoms with Gasteiger partial charge in [-0.1, -0.05) is 36.4 Å². The molecule has 6 aromatic rings. The molecule has 0 saturated carbocycles. The lowest BCUT2D eigenvalue weighted by Gasteiger charge is -2.17. The van der Waals surface area contributed by atoms with Gasteiger partial charge in [-0.05, 0) is 44.5 Å². The number of nitrogens with one attached hydrogen (secondary N) is 3. The molecule has 214 valence electrons.